The molecule has 18 heavy (non-hydrogen) atoms. The van der Waals surface area contributed by atoms with Gasteiger partial charge >= 0.3 is 0 Å². The van der Waals surface area contributed by atoms with Crippen molar-refractivity contribution in [2.75, 3.05) is 12.3 Å². The lowest BCUT2D eigenvalue weighted by Crippen LogP contribution is -2.02. The van der Waals surface area contributed by atoms with Crippen LogP contribution in [0.5, 0.6) is 11.5 Å². The van der Waals surface area contributed by atoms with Crippen molar-refractivity contribution in [1.29, 1.82) is 0 Å². The van der Waals surface area contributed by atoms with Crippen LogP contribution in [0, 0.1) is 0 Å². The summed E-state index contributed by atoms with van der Waals surface area (Å²) in [5, 5.41) is 0. The Hall–Kier alpha value is -2.16. The van der Waals surface area contributed by atoms with Gasteiger partial charge in [0.15, 0.2) is 0 Å². The van der Waals surface area contributed by atoms with E-state index >= 15 is 0 Å². The number of nitrogens with two attached hydrogens (primary N) is 1. The first-order chi connectivity index (χ1) is 8.81. The Morgan fingerprint density at radius 1 is 0.889 bits per heavy atom. The summed E-state index contributed by atoms with van der Waals surface area (Å²) in [5.74, 6) is 1.55. The van der Waals surface area contributed by atoms with Crippen LogP contribution >= 0.6 is 0 Å². The van der Waals surface area contributed by atoms with Gasteiger partial charge in [-0.25, -0.2) is 0 Å². The minimum Gasteiger partial charge on any atom is -0.493 e. The summed E-state index contributed by atoms with van der Waals surface area (Å²) >= 11 is 0. The molecule has 0 aliphatic carbocycles. The van der Waals surface area contributed by atoms with E-state index in [1.165, 1.54) is 0 Å². The monoisotopic (exact) mass is 243 g/mol. The summed E-state index contributed by atoms with van der Waals surface area (Å²) in [6.07, 6.45) is 0. The molecule has 94 valence electrons. The van der Waals surface area contributed by atoms with Gasteiger partial charge in [0.1, 0.15) is 18.1 Å². The van der Waals surface area contributed by atoms with Crippen molar-refractivity contribution in [1.82, 2.24) is 0 Å². The molecule has 0 aromatic heterocycles. The van der Waals surface area contributed by atoms with Gasteiger partial charge < -0.3 is 15.2 Å². The molecule has 0 aliphatic heterocycles. The summed E-state index contributed by atoms with van der Waals surface area (Å²) in [5.41, 5.74) is 7.49. The third-order valence-electron chi connectivity index (χ3n) is 2.57. The fraction of sp³-hybridized carbons (Fsp3) is 0.200. The molecule has 3 heteroatoms. The van der Waals surface area contributed by atoms with Crippen LogP contribution in [0.4, 0.5) is 5.69 Å². The first-order valence-corrected chi connectivity index (χ1v) is 5.99. The number of para-hydroxylation sites is 3. The molecule has 0 radical (unpaired) electrons. The molecule has 2 aromatic rings. The quantitative estimate of drug-likeness (QED) is 0.820. The summed E-state index contributed by atoms with van der Waals surface area (Å²) < 4.78 is 11.2. The largest absolute Gasteiger partial charge is 0.493 e. The van der Waals surface area contributed by atoms with E-state index in [2.05, 4.69) is 0 Å². The van der Waals surface area contributed by atoms with Crippen molar-refractivity contribution in [3.8, 4) is 11.5 Å². The van der Waals surface area contributed by atoms with Crippen LogP contribution < -0.4 is 15.2 Å². The van der Waals surface area contributed by atoms with E-state index in [-0.39, 0.29) is 0 Å². The van der Waals surface area contributed by atoms with Gasteiger partial charge in [0.25, 0.3) is 0 Å². The standard InChI is InChI=1S/C15H17NO2/c1-2-17-14-9-5-3-7-12(14)11-18-15-10-6-4-8-13(15)16/h3-10H,2,11,16H2,1H3. The minimum absolute atomic E-state index is 0.449. The maximum atomic E-state index is 5.83. The van der Waals surface area contributed by atoms with Gasteiger partial charge in [-0.15, -0.1) is 0 Å². The van der Waals surface area contributed by atoms with Crippen molar-refractivity contribution >= 4 is 5.69 Å². The number of benzene rings is 2. The van der Waals surface area contributed by atoms with Crippen molar-refractivity contribution in [2.45, 2.75) is 13.5 Å². The lowest BCUT2D eigenvalue weighted by atomic mass is 10.2. The third-order valence-corrected chi connectivity index (χ3v) is 2.57. The van der Waals surface area contributed by atoms with Crippen LogP contribution in [0.1, 0.15) is 12.5 Å². The molecule has 2 aromatic carbocycles. The molecular formula is C15H17NO2. The van der Waals surface area contributed by atoms with E-state index in [4.69, 9.17) is 15.2 Å². The van der Waals surface area contributed by atoms with E-state index in [0.29, 0.717) is 24.7 Å². The number of hydrogen-bond acceptors (Lipinski definition) is 3. The predicted molar refractivity (Wildman–Crippen MR) is 72.8 cm³/mol. The highest BCUT2D eigenvalue weighted by atomic mass is 16.5. The lowest BCUT2D eigenvalue weighted by Gasteiger charge is -2.12. The van der Waals surface area contributed by atoms with Gasteiger partial charge in [0, 0.05) is 5.56 Å². The van der Waals surface area contributed by atoms with Crippen LogP contribution in [-0.2, 0) is 6.61 Å². The second-order valence-electron chi connectivity index (χ2n) is 3.87. The normalized spacial score (nSPS) is 10.1. The predicted octanol–water partition coefficient (Wildman–Crippen LogP) is 3.25. The van der Waals surface area contributed by atoms with Crippen molar-refractivity contribution in [3.63, 3.8) is 0 Å². The Labute approximate surface area is 107 Å². The van der Waals surface area contributed by atoms with Crippen LogP contribution in [0.25, 0.3) is 0 Å². The molecule has 0 atom stereocenters. The zero-order valence-corrected chi connectivity index (χ0v) is 10.4. The SMILES string of the molecule is CCOc1ccccc1COc1ccccc1N. The Balaban J connectivity index is 2.08. The van der Waals surface area contributed by atoms with Crippen LogP contribution in [0.2, 0.25) is 0 Å². The van der Waals surface area contributed by atoms with Crippen molar-refractivity contribution in [3.05, 3.63) is 54.1 Å². The molecular weight excluding hydrogens is 226 g/mol. The number of nitrogen functional groups attached to an aromatic ring is 1. The van der Waals surface area contributed by atoms with E-state index < -0.39 is 0 Å². The molecule has 0 fully saturated rings. The average Bonchev–Trinajstić information content (AvgIpc) is 2.40. The molecule has 0 bridgehead atoms. The highest BCUT2D eigenvalue weighted by Crippen LogP contribution is 2.24. The van der Waals surface area contributed by atoms with Gasteiger partial charge in [-0.05, 0) is 25.1 Å². The lowest BCUT2D eigenvalue weighted by molar-refractivity contribution is 0.287. The molecule has 0 saturated carbocycles. The first-order valence-electron chi connectivity index (χ1n) is 5.99. The fourth-order valence-corrected chi connectivity index (χ4v) is 1.69. The maximum absolute atomic E-state index is 5.83. The molecule has 0 amide bonds. The first kappa shape index (κ1) is 12.3. The molecule has 0 saturated heterocycles. The maximum Gasteiger partial charge on any atom is 0.142 e. The highest BCUT2D eigenvalue weighted by Gasteiger charge is 2.04. The molecule has 2 N–H and O–H groups in total. The van der Waals surface area contributed by atoms with Gasteiger partial charge in [-0.3, -0.25) is 0 Å². The molecule has 2 rings (SSSR count). The van der Waals surface area contributed by atoms with Crippen LogP contribution in [0.15, 0.2) is 48.5 Å². The zero-order valence-electron chi connectivity index (χ0n) is 10.4. The minimum atomic E-state index is 0.449. The topological polar surface area (TPSA) is 44.5 Å². The number of ether oxygens (including phenoxy) is 2. The third kappa shape index (κ3) is 2.94. The van der Waals surface area contributed by atoms with Crippen molar-refractivity contribution in [2.24, 2.45) is 0 Å². The summed E-state index contributed by atoms with van der Waals surface area (Å²) in [6, 6.07) is 15.3. The highest BCUT2D eigenvalue weighted by molar-refractivity contribution is 5.51. The summed E-state index contributed by atoms with van der Waals surface area (Å²) in [6.45, 7) is 3.06. The average molecular weight is 243 g/mol. The van der Waals surface area contributed by atoms with E-state index in [9.17, 15) is 0 Å². The van der Waals surface area contributed by atoms with Gasteiger partial charge in [-0.2, -0.15) is 0 Å². The Morgan fingerprint density at radius 2 is 1.56 bits per heavy atom. The van der Waals surface area contributed by atoms with Gasteiger partial charge in [0.05, 0.1) is 12.3 Å². The van der Waals surface area contributed by atoms with Gasteiger partial charge in [-0.1, -0.05) is 30.3 Å². The molecule has 0 heterocycles. The van der Waals surface area contributed by atoms with Crippen LogP contribution in [0.3, 0.4) is 0 Å². The Morgan fingerprint density at radius 3 is 2.28 bits per heavy atom. The molecule has 0 unspecified atom stereocenters. The second-order valence-corrected chi connectivity index (χ2v) is 3.87. The summed E-state index contributed by atoms with van der Waals surface area (Å²) in [4.78, 5) is 0. The summed E-state index contributed by atoms with van der Waals surface area (Å²) in [7, 11) is 0. The number of hydrogen-bond donors (Lipinski definition) is 1. The Bertz CT molecular complexity index is 511. The zero-order chi connectivity index (χ0) is 12.8. The van der Waals surface area contributed by atoms with E-state index in [0.717, 1.165) is 11.3 Å². The van der Waals surface area contributed by atoms with E-state index in [1.54, 1.807) is 0 Å². The molecule has 0 spiro atoms. The Kier molecular flexibility index (Phi) is 4.07. The second kappa shape index (κ2) is 5.96. The van der Waals surface area contributed by atoms with E-state index in [1.807, 2.05) is 55.5 Å². The molecule has 3 nitrogen and oxygen atoms in total. The number of rotatable bonds is 5. The van der Waals surface area contributed by atoms with Gasteiger partial charge in [0.2, 0.25) is 0 Å². The number of anilines is 1. The van der Waals surface area contributed by atoms with Crippen molar-refractivity contribution < 1.29 is 9.47 Å². The smallest absolute Gasteiger partial charge is 0.142 e. The molecule has 0 aliphatic rings. The van der Waals surface area contributed by atoms with Crippen LogP contribution in [-0.4, -0.2) is 6.61 Å². The fourth-order valence-electron chi connectivity index (χ4n) is 1.69.